The average Bonchev–Trinajstić information content (AvgIpc) is 3.10. The fourth-order valence-electron chi connectivity index (χ4n) is 4.35. The highest BCUT2D eigenvalue weighted by Gasteiger charge is 2.22. The summed E-state index contributed by atoms with van der Waals surface area (Å²) in [5.41, 5.74) is 3.58. The predicted molar refractivity (Wildman–Crippen MR) is 101 cm³/mol. The van der Waals surface area contributed by atoms with E-state index < -0.39 is 0 Å². The van der Waals surface area contributed by atoms with Crippen LogP contribution in [0.15, 0.2) is 53.1 Å². The molecule has 2 heteroatoms. The van der Waals surface area contributed by atoms with Crippen molar-refractivity contribution < 1.29 is 8.81 Å². The van der Waals surface area contributed by atoms with Crippen molar-refractivity contribution in [3.8, 4) is 11.1 Å². The lowest BCUT2D eigenvalue weighted by Crippen LogP contribution is -2.13. The van der Waals surface area contributed by atoms with Gasteiger partial charge in [-0.05, 0) is 72.9 Å². The lowest BCUT2D eigenvalue weighted by atomic mass is 9.77. The maximum atomic E-state index is 14.8. The molecule has 1 saturated carbocycles. The summed E-state index contributed by atoms with van der Waals surface area (Å²) in [4.78, 5) is 0. The third-order valence-corrected chi connectivity index (χ3v) is 5.77. The van der Waals surface area contributed by atoms with Gasteiger partial charge in [-0.1, -0.05) is 38.0 Å². The van der Waals surface area contributed by atoms with Crippen LogP contribution in [0.2, 0.25) is 0 Å². The summed E-state index contributed by atoms with van der Waals surface area (Å²) in [5.74, 6) is 1.29. The molecule has 25 heavy (non-hydrogen) atoms. The summed E-state index contributed by atoms with van der Waals surface area (Å²) in [7, 11) is 0. The van der Waals surface area contributed by atoms with E-state index in [2.05, 4.69) is 13.0 Å². The monoisotopic (exact) mass is 336 g/mol. The van der Waals surface area contributed by atoms with E-state index in [0.29, 0.717) is 11.5 Å². The Morgan fingerprint density at radius 1 is 1.00 bits per heavy atom. The standard InChI is InChI=1S/C23H25FO/c1-2-3-16-4-6-17(7-5-16)18-8-10-21(22(24)15-18)19-9-11-23-20(14-19)12-13-25-23/h8-17H,2-7H2,1H3. The van der Waals surface area contributed by atoms with E-state index in [1.165, 1.54) is 44.1 Å². The van der Waals surface area contributed by atoms with Gasteiger partial charge in [0.1, 0.15) is 11.4 Å². The van der Waals surface area contributed by atoms with Gasteiger partial charge in [0, 0.05) is 10.9 Å². The van der Waals surface area contributed by atoms with E-state index >= 15 is 0 Å². The molecule has 1 fully saturated rings. The molecule has 0 aliphatic heterocycles. The normalized spacial score (nSPS) is 20.9. The van der Waals surface area contributed by atoms with Gasteiger partial charge in [-0.3, -0.25) is 0 Å². The summed E-state index contributed by atoms with van der Waals surface area (Å²) in [6.45, 7) is 2.26. The van der Waals surface area contributed by atoms with Gasteiger partial charge in [-0.15, -0.1) is 0 Å². The zero-order valence-corrected chi connectivity index (χ0v) is 14.8. The Bertz CT molecular complexity index is 855. The highest BCUT2D eigenvalue weighted by molar-refractivity contribution is 5.83. The van der Waals surface area contributed by atoms with E-state index in [4.69, 9.17) is 4.42 Å². The Hall–Kier alpha value is -2.09. The third kappa shape index (κ3) is 3.35. The van der Waals surface area contributed by atoms with Crippen molar-refractivity contribution in [1.82, 2.24) is 0 Å². The van der Waals surface area contributed by atoms with Crippen LogP contribution in [-0.4, -0.2) is 0 Å². The van der Waals surface area contributed by atoms with Crippen LogP contribution in [0.1, 0.15) is 56.9 Å². The SMILES string of the molecule is CCCC1CCC(c2ccc(-c3ccc4occc4c3)c(F)c2)CC1. The smallest absolute Gasteiger partial charge is 0.133 e. The molecule has 3 aromatic rings. The first-order chi connectivity index (χ1) is 12.2. The van der Waals surface area contributed by atoms with Crippen LogP contribution in [0, 0.1) is 11.7 Å². The van der Waals surface area contributed by atoms with Crippen molar-refractivity contribution in [2.24, 2.45) is 5.92 Å². The summed E-state index contributed by atoms with van der Waals surface area (Å²) in [5, 5.41) is 1.01. The zero-order valence-electron chi connectivity index (χ0n) is 14.8. The van der Waals surface area contributed by atoms with E-state index in [0.717, 1.165) is 22.5 Å². The molecule has 0 spiro atoms. The Balaban J connectivity index is 1.54. The first kappa shape index (κ1) is 16.4. The number of hydrogen-bond acceptors (Lipinski definition) is 1. The fraction of sp³-hybridized carbons (Fsp3) is 0.391. The molecule has 4 rings (SSSR count). The van der Waals surface area contributed by atoms with Crippen molar-refractivity contribution in [2.75, 3.05) is 0 Å². The number of hydrogen-bond donors (Lipinski definition) is 0. The Morgan fingerprint density at radius 2 is 1.84 bits per heavy atom. The molecule has 0 unspecified atom stereocenters. The minimum atomic E-state index is -0.115. The van der Waals surface area contributed by atoms with Crippen LogP contribution in [0.5, 0.6) is 0 Å². The number of fused-ring (bicyclic) bond motifs is 1. The fourth-order valence-corrected chi connectivity index (χ4v) is 4.35. The number of benzene rings is 2. The summed E-state index contributed by atoms with van der Waals surface area (Å²) in [6, 6.07) is 13.6. The van der Waals surface area contributed by atoms with Gasteiger partial charge in [0.15, 0.2) is 0 Å². The highest BCUT2D eigenvalue weighted by Crippen LogP contribution is 2.38. The second-order valence-corrected chi connectivity index (χ2v) is 7.42. The van der Waals surface area contributed by atoms with E-state index in [1.54, 1.807) is 12.3 Å². The lowest BCUT2D eigenvalue weighted by Gasteiger charge is -2.28. The molecule has 1 heterocycles. The van der Waals surface area contributed by atoms with Crippen molar-refractivity contribution in [3.63, 3.8) is 0 Å². The summed E-state index contributed by atoms with van der Waals surface area (Å²) < 4.78 is 20.2. The summed E-state index contributed by atoms with van der Waals surface area (Å²) in [6.07, 6.45) is 9.27. The average molecular weight is 336 g/mol. The van der Waals surface area contributed by atoms with Crippen LogP contribution >= 0.6 is 0 Å². The molecular weight excluding hydrogens is 311 g/mol. The molecule has 0 amide bonds. The second-order valence-electron chi connectivity index (χ2n) is 7.42. The molecule has 130 valence electrons. The summed E-state index contributed by atoms with van der Waals surface area (Å²) >= 11 is 0. The maximum absolute atomic E-state index is 14.8. The van der Waals surface area contributed by atoms with Gasteiger partial charge in [0.25, 0.3) is 0 Å². The van der Waals surface area contributed by atoms with E-state index in [1.807, 2.05) is 30.3 Å². The van der Waals surface area contributed by atoms with Crippen molar-refractivity contribution in [2.45, 2.75) is 51.4 Å². The van der Waals surface area contributed by atoms with Crippen LogP contribution in [0.25, 0.3) is 22.1 Å². The van der Waals surface area contributed by atoms with E-state index in [-0.39, 0.29) is 5.82 Å². The number of halogens is 1. The van der Waals surface area contributed by atoms with Gasteiger partial charge in [-0.25, -0.2) is 4.39 Å². The van der Waals surface area contributed by atoms with Gasteiger partial charge < -0.3 is 4.42 Å². The Morgan fingerprint density at radius 3 is 2.60 bits per heavy atom. The minimum absolute atomic E-state index is 0.115. The largest absolute Gasteiger partial charge is 0.464 e. The molecule has 0 radical (unpaired) electrons. The van der Waals surface area contributed by atoms with Crippen LogP contribution in [-0.2, 0) is 0 Å². The molecule has 1 aliphatic carbocycles. The third-order valence-electron chi connectivity index (χ3n) is 5.77. The topological polar surface area (TPSA) is 13.1 Å². The minimum Gasteiger partial charge on any atom is -0.464 e. The Labute approximate surface area is 148 Å². The molecule has 0 bridgehead atoms. The van der Waals surface area contributed by atoms with Crippen LogP contribution in [0.3, 0.4) is 0 Å². The molecule has 1 aliphatic rings. The van der Waals surface area contributed by atoms with Gasteiger partial charge in [-0.2, -0.15) is 0 Å². The zero-order chi connectivity index (χ0) is 17.2. The van der Waals surface area contributed by atoms with Gasteiger partial charge in [0.2, 0.25) is 0 Å². The number of furan rings is 1. The van der Waals surface area contributed by atoms with Crippen molar-refractivity contribution >= 4 is 11.0 Å². The molecule has 0 atom stereocenters. The lowest BCUT2D eigenvalue weighted by molar-refractivity contribution is 0.308. The van der Waals surface area contributed by atoms with Gasteiger partial charge >= 0.3 is 0 Å². The highest BCUT2D eigenvalue weighted by atomic mass is 19.1. The predicted octanol–water partition coefficient (Wildman–Crippen LogP) is 7.31. The van der Waals surface area contributed by atoms with Crippen LogP contribution in [0.4, 0.5) is 4.39 Å². The van der Waals surface area contributed by atoms with E-state index in [9.17, 15) is 4.39 Å². The number of rotatable bonds is 4. The molecule has 0 N–H and O–H groups in total. The molecule has 1 nitrogen and oxygen atoms in total. The molecule has 2 aromatic carbocycles. The molecular formula is C23H25FO. The van der Waals surface area contributed by atoms with Crippen LogP contribution < -0.4 is 0 Å². The second kappa shape index (κ2) is 7.03. The first-order valence-electron chi connectivity index (χ1n) is 9.51. The Kier molecular flexibility index (Phi) is 4.61. The first-order valence-corrected chi connectivity index (χ1v) is 9.51. The maximum Gasteiger partial charge on any atom is 0.133 e. The quantitative estimate of drug-likeness (QED) is 0.486. The van der Waals surface area contributed by atoms with Crippen molar-refractivity contribution in [3.05, 3.63) is 60.1 Å². The molecule has 1 aromatic heterocycles. The van der Waals surface area contributed by atoms with Gasteiger partial charge in [0.05, 0.1) is 6.26 Å². The molecule has 0 saturated heterocycles. The van der Waals surface area contributed by atoms with Crippen molar-refractivity contribution in [1.29, 1.82) is 0 Å².